The molecule has 0 aliphatic carbocycles. The van der Waals surface area contributed by atoms with Gasteiger partial charge in [-0.15, -0.1) is 0 Å². The SMILES string of the molecule is C=C[C@H](C)OC(=O)Cl. The molecule has 0 spiro atoms. The molecule has 0 aliphatic rings. The molecule has 3 heteroatoms. The van der Waals surface area contributed by atoms with Gasteiger partial charge in [0, 0.05) is 11.6 Å². The molecule has 46 valence electrons. The first-order chi connectivity index (χ1) is 3.66. The highest BCUT2D eigenvalue weighted by Crippen LogP contribution is 1.94. The van der Waals surface area contributed by atoms with Crippen molar-refractivity contribution in [1.29, 1.82) is 0 Å². The monoisotopic (exact) mass is 134 g/mol. The van der Waals surface area contributed by atoms with E-state index < -0.39 is 5.43 Å². The summed E-state index contributed by atoms with van der Waals surface area (Å²) in [5.74, 6) is 0. The first kappa shape index (κ1) is 7.50. The van der Waals surface area contributed by atoms with E-state index in [1.807, 2.05) is 0 Å². The smallest absolute Gasteiger partial charge is 0.404 e. The van der Waals surface area contributed by atoms with Gasteiger partial charge < -0.3 is 4.74 Å². The van der Waals surface area contributed by atoms with E-state index in [-0.39, 0.29) is 6.10 Å². The molecule has 0 saturated heterocycles. The second-order valence-corrected chi connectivity index (χ2v) is 1.60. The van der Waals surface area contributed by atoms with Crippen LogP contribution in [0, 0.1) is 0 Å². The van der Waals surface area contributed by atoms with Gasteiger partial charge in [-0.1, -0.05) is 12.7 Å². The lowest BCUT2D eigenvalue weighted by Crippen LogP contribution is -2.04. The highest BCUT2D eigenvalue weighted by atomic mass is 35.5. The molecular weight excluding hydrogens is 128 g/mol. The van der Waals surface area contributed by atoms with Gasteiger partial charge in [0.05, 0.1) is 0 Å². The summed E-state index contributed by atoms with van der Waals surface area (Å²) in [6.45, 7) is 5.05. The van der Waals surface area contributed by atoms with Crippen molar-refractivity contribution in [2.75, 3.05) is 0 Å². The number of carbonyl (C=O) groups is 1. The number of hydrogen-bond donors (Lipinski definition) is 0. The van der Waals surface area contributed by atoms with Gasteiger partial charge >= 0.3 is 5.43 Å². The van der Waals surface area contributed by atoms with Crippen LogP contribution in [0.5, 0.6) is 0 Å². The number of halogens is 1. The van der Waals surface area contributed by atoms with Crippen LogP contribution in [0.1, 0.15) is 6.92 Å². The van der Waals surface area contributed by atoms with Crippen molar-refractivity contribution in [3.05, 3.63) is 12.7 Å². The molecule has 0 unspecified atom stereocenters. The quantitative estimate of drug-likeness (QED) is 0.426. The van der Waals surface area contributed by atoms with Crippen molar-refractivity contribution < 1.29 is 9.53 Å². The van der Waals surface area contributed by atoms with Crippen LogP contribution in [0.25, 0.3) is 0 Å². The topological polar surface area (TPSA) is 26.3 Å². The summed E-state index contributed by atoms with van der Waals surface area (Å²) in [5.41, 5.74) is -0.794. The van der Waals surface area contributed by atoms with E-state index >= 15 is 0 Å². The molecule has 2 nitrogen and oxygen atoms in total. The van der Waals surface area contributed by atoms with Gasteiger partial charge in [0.2, 0.25) is 0 Å². The Morgan fingerprint density at radius 2 is 2.50 bits per heavy atom. The van der Waals surface area contributed by atoms with Crippen LogP contribution < -0.4 is 0 Å². The molecule has 0 aromatic heterocycles. The highest BCUT2D eigenvalue weighted by Gasteiger charge is 1.98. The summed E-state index contributed by atoms with van der Waals surface area (Å²) in [6, 6.07) is 0. The van der Waals surface area contributed by atoms with Gasteiger partial charge in [-0.05, 0) is 6.92 Å². The number of rotatable bonds is 2. The van der Waals surface area contributed by atoms with E-state index in [0.717, 1.165) is 0 Å². The van der Waals surface area contributed by atoms with Crippen molar-refractivity contribution in [2.45, 2.75) is 13.0 Å². The van der Waals surface area contributed by atoms with Crippen LogP contribution in [0.15, 0.2) is 12.7 Å². The van der Waals surface area contributed by atoms with Crippen LogP contribution in [-0.2, 0) is 4.74 Å². The fourth-order valence-corrected chi connectivity index (χ4v) is 0.335. The molecule has 0 N–H and O–H groups in total. The third-order valence-electron chi connectivity index (χ3n) is 0.610. The van der Waals surface area contributed by atoms with Crippen LogP contribution in [-0.4, -0.2) is 11.5 Å². The minimum absolute atomic E-state index is 0.292. The summed E-state index contributed by atoms with van der Waals surface area (Å²) < 4.78 is 4.41. The van der Waals surface area contributed by atoms with Gasteiger partial charge in [-0.2, -0.15) is 0 Å². The number of ether oxygens (including phenoxy) is 1. The fraction of sp³-hybridized carbons (Fsp3) is 0.400. The Hall–Kier alpha value is -0.500. The molecule has 0 amide bonds. The Morgan fingerprint density at radius 1 is 2.00 bits per heavy atom. The van der Waals surface area contributed by atoms with Crippen molar-refractivity contribution in [3.63, 3.8) is 0 Å². The Morgan fingerprint density at radius 3 is 2.62 bits per heavy atom. The van der Waals surface area contributed by atoms with E-state index in [0.29, 0.717) is 0 Å². The maximum absolute atomic E-state index is 9.91. The second-order valence-electron chi connectivity index (χ2n) is 1.30. The Labute approximate surface area is 53.1 Å². The molecule has 0 heterocycles. The minimum Gasteiger partial charge on any atom is -0.446 e. The average molecular weight is 135 g/mol. The lowest BCUT2D eigenvalue weighted by Gasteiger charge is -2.01. The van der Waals surface area contributed by atoms with Gasteiger partial charge in [0.25, 0.3) is 0 Å². The van der Waals surface area contributed by atoms with Gasteiger partial charge in [0.15, 0.2) is 0 Å². The van der Waals surface area contributed by atoms with Gasteiger partial charge in [0.1, 0.15) is 6.10 Å². The van der Waals surface area contributed by atoms with E-state index in [4.69, 9.17) is 11.6 Å². The summed E-state index contributed by atoms with van der Waals surface area (Å²) in [6.07, 6.45) is 1.19. The third-order valence-corrected chi connectivity index (χ3v) is 0.700. The maximum Gasteiger partial charge on any atom is 0.404 e. The molecule has 0 rings (SSSR count). The molecule has 0 bridgehead atoms. The Balaban J connectivity index is 3.38. The second kappa shape index (κ2) is 3.50. The molecular formula is C5H7ClO2. The Kier molecular flexibility index (Phi) is 3.28. The molecule has 0 aliphatic heterocycles. The molecule has 0 aromatic carbocycles. The van der Waals surface area contributed by atoms with Gasteiger partial charge in [-0.3, -0.25) is 0 Å². The lowest BCUT2D eigenvalue weighted by molar-refractivity contribution is 0.153. The summed E-state index contributed by atoms with van der Waals surface area (Å²) in [4.78, 5) is 9.91. The average Bonchev–Trinajstić information content (AvgIpc) is 1.65. The van der Waals surface area contributed by atoms with Crippen LogP contribution in [0.4, 0.5) is 4.79 Å². The molecule has 0 saturated carbocycles. The first-order valence-corrected chi connectivity index (χ1v) is 2.53. The van der Waals surface area contributed by atoms with Crippen molar-refractivity contribution in [3.8, 4) is 0 Å². The zero-order valence-electron chi connectivity index (χ0n) is 4.56. The van der Waals surface area contributed by atoms with Crippen molar-refractivity contribution in [2.24, 2.45) is 0 Å². The van der Waals surface area contributed by atoms with Crippen molar-refractivity contribution >= 4 is 17.0 Å². The van der Waals surface area contributed by atoms with E-state index in [1.165, 1.54) is 6.08 Å². The van der Waals surface area contributed by atoms with E-state index in [2.05, 4.69) is 11.3 Å². The lowest BCUT2D eigenvalue weighted by atomic mass is 10.4. The fourth-order valence-electron chi connectivity index (χ4n) is 0.194. The largest absolute Gasteiger partial charge is 0.446 e. The standard InChI is InChI=1S/C5H7ClO2/c1-3-4(2)8-5(6)7/h3-4H,1H2,2H3/t4-/m0/s1. The highest BCUT2D eigenvalue weighted by molar-refractivity contribution is 6.61. The van der Waals surface area contributed by atoms with E-state index in [9.17, 15) is 4.79 Å². The first-order valence-electron chi connectivity index (χ1n) is 2.15. The molecule has 0 radical (unpaired) electrons. The molecule has 1 atom stereocenters. The minimum atomic E-state index is -0.794. The zero-order valence-corrected chi connectivity index (χ0v) is 5.31. The van der Waals surface area contributed by atoms with E-state index in [1.54, 1.807) is 6.92 Å². The molecule has 0 aromatic rings. The predicted octanol–water partition coefficient (Wildman–Crippen LogP) is 1.94. The number of hydrogen-bond acceptors (Lipinski definition) is 2. The van der Waals surface area contributed by atoms with Crippen LogP contribution in [0.3, 0.4) is 0 Å². The normalized spacial score (nSPS) is 12.2. The zero-order chi connectivity index (χ0) is 6.57. The van der Waals surface area contributed by atoms with Gasteiger partial charge in [-0.25, -0.2) is 4.79 Å². The third kappa shape index (κ3) is 3.68. The summed E-state index contributed by atoms with van der Waals surface area (Å²) in [7, 11) is 0. The Bertz CT molecular complexity index is 101. The van der Waals surface area contributed by atoms with Crippen LogP contribution in [0.2, 0.25) is 0 Å². The summed E-state index contributed by atoms with van der Waals surface area (Å²) in [5, 5.41) is 0. The van der Waals surface area contributed by atoms with Crippen molar-refractivity contribution in [1.82, 2.24) is 0 Å². The molecule has 0 fully saturated rings. The maximum atomic E-state index is 9.91. The number of carbonyl (C=O) groups excluding carboxylic acids is 1. The predicted molar refractivity (Wildman–Crippen MR) is 32.0 cm³/mol. The summed E-state index contributed by atoms with van der Waals surface area (Å²) >= 11 is 4.84. The van der Waals surface area contributed by atoms with Crippen LogP contribution >= 0.6 is 11.6 Å². The molecule has 8 heavy (non-hydrogen) atoms.